The first-order chi connectivity index (χ1) is 21.3. The van der Waals surface area contributed by atoms with Gasteiger partial charge in [0.1, 0.15) is 12.4 Å². The number of esters is 1. The number of aryl methyl sites for hydroxylation is 1. The van der Waals surface area contributed by atoms with Crippen LogP contribution in [0.2, 0.25) is 0 Å². The highest BCUT2D eigenvalue weighted by Gasteiger charge is 2.45. The zero-order valence-electron chi connectivity index (χ0n) is 24.8. The summed E-state index contributed by atoms with van der Waals surface area (Å²) in [4.78, 5) is 48.5. The van der Waals surface area contributed by atoms with E-state index < -0.39 is 17.7 Å². The number of aromatic nitrogens is 2. The van der Waals surface area contributed by atoms with Crippen LogP contribution in [0, 0.1) is 0 Å². The number of ether oxygens (including phenoxy) is 2. The number of pyridine rings is 2. The molecule has 0 aliphatic carbocycles. The summed E-state index contributed by atoms with van der Waals surface area (Å²) in [5.74, 6) is -0.329. The molecule has 10 heteroatoms. The monoisotopic (exact) mass is 594 g/mol. The van der Waals surface area contributed by atoms with Crippen molar-refractivity contribution in [2.24, 2.45) is 0 Å². The van der Waals surface area contributed by atoms with Gasteiger partial charge in [0.15, 0.2) is 5.60 Å². The van der Waals surface area contributed by atoms with Crippen molar-refractivity contribution in [3.05, 3.63) is 92.8 Å². The van der Waals surface area contributed by atoms with E-state index in [1.165, 1.54) is 5.56 Å². The van der Waals surface area contributed by atoms with Gasteiger partial charge in [-0.15, -0.1) is 0 Å². The Hall–Kier alpha value is -4.54. The molecule has 0 unspecified atom stereocenters. The van der Waals surface area contributed by atoms with Crippen LogP contribution in [0.1, 0.15) is 48.1 Å². The third-order valence-corrected chi connectivity index (χ3v) is 9.18. The van der Waals surface area contributed by atoms with Crippen LogP contribution in [0.4, 0.5) is 4.79 Å². The van der Waals surface area contributed by atoms with Gasteiger partial charge in [0.2, 0.25) is 0 Å². The largest absolute Gasteiger partial charge is 0.458 e. The Kier molecular flexibility index (Phi) is 6.98. The topological polar surface area (TPSA) is 114 Å². The van der Waals surface area contributed by atoms with E-state index in [2.05, 4.69) is 17.0 Å². The maximum atomic E-state index is 13.6. The molecule has 1 fully saturated rings. The summed E-state index contributed by atoms with van der Waals surface area (Å²) < 4.78 is 12.8. The highest BCUT2D eigenvalue weighted by Crippen LogP contribution is 2.40. The predicted octanol–water partition coefficient (Wildman–Crippen LogP) is 3.96. The molecule has 0 radical (unpaired) electrons. The minimum atomic E-state index is -1.88. The molecule has 2 aromatic heterocycles. The smallest absolute Gasteiger partial charge is 0.415 e. The Labute approximate surface area is 254 Å². The minimum absolute atomic E-state index is 0.0799. The van der Waals surface area contributed by atoms with Crippen molar-refractivity contribution in [1.82, 2.24) is 19.4 Å². The highest BCUT2D eigenvalue weighted by molar-refractivity contribution is 5.93. The molecule has 1 atom stereocenters. The van der Waals surface area contributed by atoms with Gasteiger partial charge in [0.05, 0.1) is 29.0 Å². The Balaban J connectivity index is 1.18. The van der Waals surface area contributed by atoms with E-state index in [1.807, 2.05) is 43.3 Å². The third kappa shape index (κ3) is 4.56. The summed E-state index contributed by atoms with van der Waals surface area (Å²) in [6.45, 7) is 7.32. The maximum Gasteiger partial charge on any atom is 0.415 e. The molecule has 4 aromatic rings. The molecular weight excluding hydrogens is 560 g/mol. The number of carbonyl (C=O) groups excluding carboxylic acids is 2. The van der Waals surface area contributed by atoms with Gasteiger partial charge in [-0.25, -0.2) is 14.6 Å². The van der Waals surface area contributed by atoms with Gasteiger partial charge in [-0.05, 0) is 42.2 Å². The fourth-order valence-electron chi connectivity index (χ4n) is 6.56. The van der Waals surface area contributed by atoms with Gasteiger partial charge in [0.25, 0.3) is 5.56 Å². The van der Waals surface area contributed by atoms with Crippen molar-refractivity contribution in [3.63, 3.8) is 0 Å². The SMILES string of the molecule is CCc1ccc(OC(=O)N2CCN(Cc3ccccc3)CC2)c2cc3c(nc12)-c1cc2c(c(=O)n1C3)COC(=O)[C@]2(O)CC. The molecule has 3 aliphatic heterocycles. The van der Waals surface area contributed by atoms with Crippen molar-refractivity contribution < 1.29 is 24.2 Å². The van der Waals surface area contributed by atoms with E-state index in [9.17, 15) is 19.5 Å². The number of fused-ring (bicyclic) bond motifs is 5. The lowest BCUT2D eigenvalue weighted by atomic mass is 9.86. The zero-order valence-corrected chi connectivity index (χ0v) is 24.8. The number of benzene rings is 2. The second kappa shape index (κ2) is 10.9. The minimum Gasteiger partial charge on any atom is -0.458 e. The average molecular weight is 595 g/mol. The van der Waals surface area contributed by atoms with Crippen LogP contribution in [-0.2, 0) is 41.2 Å². The number of hydrogen-bond acceptors (Lipinski definition) is 8. The number of cyclic esters (lactones) is 1. The van der Waals surface area contributed by atoms with Crippen molar-refractivity contribution in [3.8, 4) is 17.1 Å². The standard InChI is InChI=1S/C34H34N4O6/c1-3-22-10-11-28(44-33(41)37-14-12-36(13-15-37)18-21-8-6-5-7-9-21)24-16-23-19-38-27(30(23)35-29(22)24)17-26-25(31(38)39)20-43-32(40)34(26,42)4-2/h5-11,16-17,42H,3-4,12-15,18-20H2,1-2H3/t34-/m0/s1. The molecule has 10 nitrogen and oxygen atoms in total. The van der Waals surface area contributed by atoms with Gasteiger partial charge in [-0.2, -0.15) is 0 Å². The number of carbonyl (C=O) groups is 2. The molecule has 0 saturated carbocycles. The molecule has 7 rings (SSSR count). The second-order valence-electron chi connectivity index (χ2n) is 11.7. The van der Waals surface area contributed by atoms with Crippen LogP contribution < -0.4 is 10.3 Å². The van der Waals surface area contributed by atoms with Crippen LogP contribution in [-0.4, -0.2) is 62.7 Å². The molecule has 1 amide bonds. The Morgan fingerprint density at radius 1 is 1.05 bits per heavy atom. The molecule has 0 spiro atoms. The Morgan fingerprint density at radius 3 is 2.55 bits per heavy atom. The van der Waals surface area contributed by atoms with Crippen LogP contribution in [0.15, 0.2) is 59.4 Å². The highest BCUT2D eigenvalue weighted by atomic mass is 16.6. The first-order valence-corrected chi connectivity index (χ1v) is 15.2. The Bertz CT molecular complexity index is 1860. The fourth-order valence-corrected chi connectivity index (χ4v) is 6.56. The number of piperazine rings is 1. The van der Waals surface area contributed by atoms with E-state index in [1.54, 1.807) is 22.5 Å². The molecule has 0 bridgehead atoms. The average Bonchev–Trinajstić information content (AvgIpc) is 3.41. The van der Waals surface area contributed by atoms with E-state index in [4.69, 9.17) is 14.5 Å². The molecule has 226 valence electrons. The lowest BCUT2D eigenvalue weighted by Gasteiger charge is -2.34. The van der Waals surface area contributed by atoms with Crippen molar-refractivity contribution >= 4 is 23.0 Å². The molecular formula is C34H34N4O6. The van der Waals surface area contributed by atoms with Crippen LogP contribution >= 0.6 is 0 Å². The van der Waals surface area contributed by atoms with Crippen LogP contribution in [0.5, 0.6) is 5.75 Å². The summed E-state index contributed by atoms with van der Waals surface area (Å²) >= 11 is 0. The van der Waals surface area contributed by atoms with Gasteiger partial charge in [-0.1, -0.05) is 50.2 Å². The third-order valence-electron chi connectivity index (χ3n) is 9.18. The predicted molar refractivity (Wildman–Crippen MR) is 163 cm³/mol. The normalized spacial score (nSPS) is 19.3. The van der Waals surface area contributed by atoms with Gasteiger partial charge in [0, 0.05) is 49.2 Å². The second-order valence-corrected chi connectivity index (χ2v) is 11.7. The summed E-state index contributed by atoms with van der Waals surface area (Å²) in [6.07, 6.45) is 0.389. The molecule has 1 N–H and O–H groups in total. The molecule has 3 aliphatic rings. The van der Waals surface area contributed by atoms with Gasteiger partial charge < -0.3 is 24.0 Å². The van der Waals surface area contributed by atoms with Crippen molar-refractivity contribution in [1.29, 1.82) is 0 Å². The first-order valence-electron chi connectivity index (χ1n) is 15.2. The number of nitrogens with zero attached hydrogens (tertiary/aromatic N) is 4. The number of amides is 1. The lowest BCUT2D eigenvalue weighted by Crippen LogP contribution is -2.49. The molecule has 5 heterocycles. The molecule has 44 heavy (non-hydrogen) atoms. The van der Waals surface area contributed by atoms with Gasteiger partial charge >= 0.3 is 12.1 Å². The summed E-state index contributed by atoms with van der Waals surface area (Å²) in [6, 6.07) is 17.7. The fraction of sp³-hybridized carbons (Fsp3) is 0.353. The number of rotatable bonds is 5. The molecule has 2 aromatic carbocycles. The van der Waals surface area contributed by atoms with E-state index >= 15 is 0 Å². The van der Waals surface area contributed by atoms with Gasteiger partial charge in [-0.3, -0.25) is 9.69 Å². The van der Waals surface area contributed by atoms with Crippen molar-refractivity contribution in [2.45, 2.75) is 52.0 Å². The first kappa shape index (κ1) is 28.2. The summed E-state index contributed by atoms with van der Waals surface area (Å²) in [5, 5.41) is 11.9. The molecule has 1 saturated heterocycles. The summed E-state index contributed by atoms with van der Waals surface area (Å²) in [7, 11) is 0. The van der Waals surface area contributed by atoms with E-state index in [0.717, 1.165) is 30.8 Å². The van der Waals surface area contributed by atoms with E-state index in [0.29, 0.717) is 47.6 Å². The van der Waals surface area contributed by atoms with Crippen molar-refractivity contribution in [2.75, 3.05) is 26.2 Å². The lowest BCUT2D eigenvalue weighted by molar-refractivity contribution is -0.172. The number of aliphatic hydroxyl groups is 1. The maximum absolute atomic E-state index is 13.6. The Morgan fingerprint density at radius 2 is 1.82 bits per heavy atom. The quantitative estimate of drug-likeness (QED) is 0.304. The zero-order chi connectivity index (χ0) is 30.6. The number of hydrogen-bond donors (Lipinski definition) is 1. The van der Waals surface area contributed by atoms with Crippen LogP contribution in [0.25, 0.3) is 22.3 Å². The van der Waals surface area contributed by atoms with E-state index in [-0.39, 0.29) is 36.3 Å². The summed E-state index contributed by atoms with van der Waals surface area (Å²) in [5.41, 5.74) is 3.23. The van der Waals surface area contributed by atoms with Crippen LogP contribution in [0.3, 0.4) is 0 Å².